The molecule has 0 aliphatic carbocycles. The maximum Gasteiger partial charge on any atom is 0.451 e. The smallest absolute Gasteiger partial charge is 0.444 e. The summed E-state index contributed by atoms with van der Waals surface area (Å²) in [6.45, 7) is 4.86. The van der Waals surface area contributed by atoms with Crippen molar-refractivity contribution in [1.29, 1.82) is 0 Å². The third-order valence-corrected chi connectivity index (χ3v) is 9.13. The lowest BCUT2D eigenvalue weighted by atomic mass is 9.98. The van der Waals surface area contributed by atoms with Crippen LogP contribution >= 0.6 is 11.6 Å². The van der Waals surface area contributed by atoms with Gasteiger partial charge in [-0.2, -0.15) is 13.2 Å². The Morgan fingerprint density at radius 2 is 1.98 bits per heavy atom. The van der Waals surface area contributed by atoms with Gasteiger partial charge in [0, 0.05) is 37.2 Å². The number of hydrogen-bond donors (Lipinski definition) is 1. The van der Waals surface area contributed by atoms with E-state index in [2.05, 4.69) is 35.7 Å². The fourth-order valence-electron chi connectivity index (χ4n) is 6.31. The van der Waals surface area contributed by atoms with E-state index >= 15 is 0 Å². The molecular weight excluding hydrogens is 654 g/mol. The second-order valence-electron chi connectivity index (χ2n) is 12.1. The van der Waals surface area contributed by atoms with Crippen LogP contribution in [0.2, 0.25) is 5.02 Å². The molecule has 3 aliphatic heterocycles. The highest BCUT2D eigenvalue weighted by molar-refractivity contribution is 6.30. The van der Waals surface area contributed by atoms with E-state index in [-0.39, 0.29) is 28.2 Å². The number of alkyl halides is 3. The van der Waals surface area contributed by atoms with E-state index in [1.807, 2.05) is 18.2 Å². The van der Waals surface area contributed by atoms with Gasteiger partial charge in [-0.05, 0) is 48.7 Å². The molecule has 0 amide bonds. The predicted octanol–water partition coefficient (Wildman–Crippen LogP) is 6.75. The number of benzene rings is 2. The third kappa shape index (κ3) is 5.57. The lowest BCUT2D eigenvalue weighted by molar-refractivity contribution is -0.144. The quantitative estimate of drug-likeness (QED) is 0.188. The summed E-state index contributed by atoms with van der Waals surface area (Å²) < 4.78 is 74.4. The van der Waals surface area contributed by atoms with E-state index in [9.17, 15) is 17.6 Å². The highest BCUT2D eigenvalue weighted by Crippen LogP contribution is 2.49. The van der Waals surface area contributed by atoms with Gasteiger partial charge in [0.25, 0.3) is 5.79 Å². The fourth-order valence-corrected chi connectivity index (χ4v) is 6.47. The maximum absolute atomic E-state index is 14.9. The van der Waals surface area contributed by atoms with Crippen molar-refractivity contribution in [2.45, 2.75) is 50.9 Å². The van der Waals surface area contributed by atoms with Crippen LogP contribution in [0, 0.1) is 5.82 Å². The SMILES string of the molecule is C[C@]1(c2ccc(Cl)cc2F)Oc2cccc(C3=CCN(Cc4nc5cc(-c6nnc(C(F)(F)F)[nH]6)ncc5n4C[C@@H]4CCO4)CC3)c2O1. The van der Waals surface area contributed by atoms with Gasteiger partial charge in [-0.25, -0.2) is 9.37 Å². The molecule has 0 bridgehead atoms. The zero-order valence-electron chi connectivity index (χ0n) is 25.5. The largest absolute Gasteiger partial charge is 0.451 e. The van der Waals surface area contributed by atoms with Gasteiger partial charge in [0.2, 0.25) is 5.82 Å². The van der Waals surface area contributed by atoms with Crippen LogP contribution in [0.3, 0.4) is 0 Å². The number of nitrogens with zero attached hydrogens (tertiary/aromatic N) is 6. The molecule has 1 N–H and O–H groups in total. The summed E-state index contributed by atoms with van der Waals surface area (Å²) in [4.78, 5) is 13.7. The molecular formula is C33H28ClF4N7O3. The number of ether oxygens (including phenoxy) is 3. The average Bonchev–Trinajstić information content (AvgIpc) is 3.74. The first kappa shape index (κ1) is 30.8. The first-order valence-electron chi connectivity index (χ1n) is 15.4. The highest BCUT2D eigenvalue weighted by Gasteiger charge is 2.42. The standard InChI is InChI=1S/C33H28ClF4N7O3/c1-32(22-6-5-19(34)13-23(22)35)47-27-4-2-3-21(29(27)48-32)18-7-10-44(11-8-18)17-28-40-24-14-25(30-41-31(43-42-30)33(36,37)38)39-15-26(24)45(28)16-20-9-12-46-20/h2-7,13-15,20H,8-12,16-17H2,1H3,(H,41,42,43)/t20-,32-/m0/s1. The molecule has 1 fully saturated rings. The Hall–Kier alpha value is -4.53. The number of fused-ring (bicyclic) bond motifs is 2. The predicted molar refractivity (Wildman–Crippen MR) is 167 cm³/mol. The molecule has 8 rings (SSSR count). The average molecular weight is 682 g/mol. The van der Waals surface area contributed by atoms with E-state index in [1.165, 1.54) is 6.07 Å². The number of para-hydroxylation sites is 1. The van der Waals surface area contributed by atoms with Crippen molar-refractivity contribution in [3.63, 3.8) is 0 Å². The number of pyridine rings is 1. The molecule has 3 aromatic heterocycles. The summed E-state index contributed by atoms with van der Waals surface area (Å²) in [5, 5.41) is 7.15. The number of halogens is 5. The van der Waals surface area contributed by atoms with E-state index in [0.717, 1.165) is 41.9 Å². The van der Waals surface area contributed by atoms with Gasteiger partial charge < -0.3 is 23.8 Å². The second-order valence-corrected chi connectivity index (χ2v) is 12.6. The molecule has 0 unspecified atom stereocenters. The Bertz CT molecular complexity index is 2080. The molecule has 6 heterocycles. The molecule has 5 aromatic rings. The van der Waals surface area contributed by atoms with Crippen LogP contribution in [0.4, 0.5) is 17.6 Å². The number of nitrogens with one attached hydrogen (secondary N) is 1. The first-order chi connectivity index (χ1) is 23.0. The molecule has 248 valence electrons. The van der Waals surface area contributed by atoms with Gasteiger partial charge in [0.1, 0.15) is 17.3 Å². The molecule has 3 aliphatic rings. The lowest BCUT2D eigenvalue weighted by Gasteiger charge is -2.29. The normalized spacial score (nSPS) is 21.0. The minimum absolute atomic E-state index is 0.0479. The molecule has 10 nitrogen and oxygen atoms in total. The lowest BCUT2D eigenvalue weighted by Crippen LogP contribution is -2.33. The Kier molecular flexibility index (Phi) is 7.42. The van der Waals surface area contributed by atoms with Crippen molar-refractivity contribution < 1.29 is 31.8 Å². The Balaban J connectivity index is 1.03. The maximum atomic E-state index is 14.9. The van der Waals surface area contributed by atoms with E-state index in [0.29, 0.717) is 43.3 Å². The van der Waals surface area contributed by atoms with Crippen molar-refractivity contribution >= 4 is 28.2 Å². The molecule has 0 spiro atoms. The van der Waals surface area contributed by atoms with Crippen LogP contribution in [0.1, 0.15) is 42.5 Å². The summed E-state index contributed by atoms with van der Waals surface area (Å²) in [5.41, 5.74) is 3.78. The molecule has 1 saturated heterocycles. The van der Waals surface area contributed by atoms with Crippen LogP contribution in [0.5, 0.6) is 11.5 Å². The van der Waals surface area contributed by atoms with Gasteiger partial charge in [0.15, 0.2) is 17.3 Å². The molecule has 0 saturated carbocycles. The number of imidazole rings is 1. The van der Waals surface area contributed by atoms with Crippen molar-refractivity contribution in [3.8, 4) is 23.0 Å². The second kappa shape index (κ2) is 11.6. The van der Waals surface area contributed by atoms with Crippen LogP contribution in [-0.2, 0) is 29.8 Å². The molecule has 2 atom stereocenters. The number of H-pyrrole nitrogens is 1. The molecule has 15 heteroatoms. The van der Waals surface area contributed by atoms with Crippen LogP contribution < -0.4 is 9.47 Å². The van der Waals surface area contributed by atoms with Gasteiger partial charge >= 0.3 is 6.18 Å². The summed E-state index contributed by atoms with van der Waals surface area (Å²) in [6.07, 6.45) is 0.795. The summed E-state index contributed by atoms with van der Waals surface area (Å²) in [5.74, 6) is -1.24. The minimum atomic E-state index is -4.64. The highest BCUT2D eigenvalue weighted by atomic mass is 35.5. The molecule has 0 radical (unpaired) electrons. The van der Waals surface area contributed by atoms with E-state index < -0.39 is 23.6 Å². The number of aromatic nitrogens is 6. The molecule has 2 aromatic carbocycles. The van der Waals surface area contributed by atoms with E-state index in [4.69, 9.17) is 30.8 Å². The van der Waals surface area contributed by atoms with Crippen LogP contribution in [0.15, 0.2) is 54.7 Å². The zero-order chi connectivity index (χ0) is 33.2. The monoisotopic (exact) mass is 681 g/mol. The number of aromatic amines is 1. The Labute approximate surface area is 276 Å². The fraction of sp³-hybridized carbons (Fsp3) is 0.333. The van der Waals surface area contributed by atoms with E-state index in [1.54, 1.807) is 31.3 Å². The van der Waals surface area contributed by atoms with Gasteiger partial charge in [-0.3, -0.25) is 9.88 Å². The van der Waals surface area contributed by atoms with Gasteiger partial charge in [-0.15, -0.1) is 10.2 Å². The van der Waals surface area contributed by atoms with Crippen LogP contribution in [0.25, 0.3) is 28.1 Å². The summed E-state index contributed by atoms with van der Waals surface area (Å²) in [6, 6.07) is 11.7. The van der Waals surface area contributed by atoms with Gasteiger partial charge in [-0.1, -0.05) is 29.8 Å². The first-order valence-corrected chi connectivity index (χ1v) is 15.8. The van der Waals surface area contributed by atoms with Crippen molar-refractivity contribution in [3.05, 3.63) is 88.4 Å². The number of hydrogen-bond acceptors (Lipinski definition) is 8. The van der Waals surface area contributed by atoms with Crippen LogP contribution in [-0.4, -0.2) is 60.4 Å². The molecule has 48 heavy (non-hydrogen) atoms. The van der Waals surface area contributed by atoms with Crippen molar-refractivity contribution in [2.75, 3.05) is 19.7 Å². The third-order valence-electron chi connectivity index (χ3n) is 8.90. The summed E-state index contributed by atoms with van der Waals surface area (Å²) in [7, 11) is 0. The van der Waals surface area contributed by atoms with Crippen molar-refractivity contribution in [2.24, 2.45) is 0 Å². The Morgan fingerprint density at radius 1 is 1.12 bits per heavy atom. The zero-order valence-corrected chi connectivity index (χ0v) is 26.3. The number of rotatable bonds is 7. The topological polar surface area (TPSA) is 103 Å². The Morgan fingerprint density at radius 3 is 2.69 bits per heavy atom. The minimum Gasteiger partial charge on any atom is -0.444 e. The summed E-state index contributed by atoms with van der Waals surface area (Å²) >= 11 is 5.97. The van der Waals surface area contributed by atoms with Gasteiger partial charge in [0.05, 0.1) is 42.0 Å². The van der Waals surface area contributed by atoms with Crippen molar-refractivity contribution in [1.82, 2.24) is 34.6 Å².